The molecule has 0 saturated heterocycles. The molecule has 0 aromatic heterocycles. The first-order valence-corrected chi connectivity index (χ1v) is 7.42. The molecule has 0 atom stereocenters. The van der Waals surface area contributed by atoms with Crippen LogP contribution in [0, 0.1) is 10.1 Å². The van der Waals surface area contributed by atoms with Gasteiger partial charge in [-0.25, -0.2) is 9.59 Å². The molecule has 28 heavy (non-hydrogen) atoms. The number of halogens is 3. The number of methoxy groups -OCH3 is 2. The van der Waals surface area contributed by atoms with E-state index in [2.05, 4.69) is 9.47 Å². The largest absolute Gasteiger partial charge is 0.465 e. The van der Waals surface area contributed by atoms with E-state index in [-0.39, 0.29) is 16.9 Å². The number of carbonyl (C=O) groups excluding carboxylic acids is 2. The van der Waals surface area contributed by atoms with Gasteiger partial charge < -0.3 is 14.2 Å². The van der Waals surface area contributed by atoms with Gasteiger partial charge in [-0.1, -0.05) is 0 Å². The number of rotatable bonds is 5. The Kier molecular flexibility index (Phi) is 5.87. The first-order chi connectivity index (χ1) is 13.1. The summed E-state index contributed by atoms with van der Waals surface area (Å²) in [5, 5.41) is 11.1. The number of nitrogens with zero attached hydrogens (tertiary/aromatic N) is 1. The summed E-state index contributed by atoms with van der Waals surface area (Å²) in [4.78, 5) is 33.6. The van der Waals surface area contributed by atoms with Crippen LogP contribution in [0.15, 0.2) is 36.4 Å². The quantitative estimate of drug-likeness (QED) is 0.425. The number of benzene rings is 2. The fourth-order valence-electron chi connectivity index (χ4n) is 2.18. The minimum absolute atomic E-state index is 0.130. The molecule has 0 N–H and O–H groups in total. The zero-order chi connectivity index (χ0) is 21.1. The minimum atomic E-state index is -4.79. The van der Waals surface area contributed by atoms with E-state index in [1.54, 1.807) is 0 Å². The molecule has 0 amide bonds. The van der Waals surface area contributed by atoms with Crippen LogP contribution in [-0.2, 0) is 15.7 Å². The van der Waals surface area contributed by atoms with Crippen LogP contribution in [0.4, 0.5) is 18.9 Å². The van der Waals surface area contributed by atoms with E-state index < -0.39 is 40.0 Å². The molecule has 11 heteroatoms. The second-order valence-corrected chi connectivity index (χ2v) is 5.27. The van der Waals surface area contributed by atoms with Gasteiger partial charge >= 0.3 is 23.8 Å². The fourth-order valence-corrected chi connectivity index (χ4v) is 2.18. The Morgan fingerprint density at radius 1 is 0.964 bits per heavy atom. The monoisotopic (exact) mass is 399 g/mol. The first kappa shape index (κ1) is 20.7. The van der Waals surface area contributed by atoms with Gasteiger partial charge in [-0.3, -0.25) is 10.1 Å². The lowest BCUT2D eigenvalue weighted by atomic mass is 10.1. The Hall–Kier alpha value is -3.63. The van der Waals surface area contributed by atoms with E-state index in [1.807, 2.05) is 0 Å². The van der Waals surface area contributed by atoms with Crippen molar-refractivity contribution in [2.75, 3.05) is 14.2 Å². The summed E-state index contributed by atoms with van der Waals surface area (Å²) in [7, 11) is 2.18. The van der Waals surface area contributed by atoms with E-state index in [0.717, 1.165) is 38.5 Å². The molecule has 2 aromatic carbocycles. The average molecular weight is 399 g/mol. The van der Waals surface area contributed by atoms with Crippen LogP contribution in [0.25, 0.3) is 0 Å². The topological polar surface area (TPSA) is 105 Å². The number of alkyl halides is 3. The van der Waals surface area contributed by atoms with Crippen molar-refractivity contribution in [2.45, 2.75) is 6.18 Å². The van der Waals surface area contributed by atoms with E-state index >= 15 is 0 Å². The van der Waals surface area contributed by atoms with Crippen molar-refractivity contribution < 1.29 is 41.9 Å². The highest BCUT2D eigenvalue weighted by atomic mass is 19.4. The summed E-state index contributed by atoms with van der Waals surface area (Å²) in [5.74, 6) is -2.41. The van der Waals surface area contributed by atoms with Crippen molar-refractivity contribution >= 4 is 17.6 Å². The third kappa shape index (κ3) is 4.55. The minimum Gasteiger partial charge on any atom is -0.465 e. The number of ether oxygens (including phenoxy) is 3. The lowest BCUT2D eigenvalue weighted by Crippen LogP contribution is -2.08. The standard InChI is InChI=1S/C17H12F3NO7/c1-26-15(22)9-5-10(16(23)27-2)7-12(6-9)28-14-4-3-11(17(18,19)20)8-13(14)21(24)25/h3-8H,1-2H3. The summed E-state index contributed by atoms with van der Waals surface area (Å²) in [6.07, 6.45) is -4.79. The molecule has 2 rings (SSSR count). The summed E-state index contributed by atoms with van der Waals surface area (Å²) in [5.41, 5.74) is -2.44. The number of esters is 2. The number of nitro benzene ring substituents is 1. The molecular formula is C17H12F3NO7. The first-order valence-electron chi connectivity index (χ1n) is 7.42. The highest BCUT2D eigenvalue weighted by molar-refractivity contribution is 5.96. The molecule has 148 valence electrons. The molecule has 0 spiro atoms. The molecular weight excluding hydrogens is 387 g/mol. The maximum absolute atomic E-state index is 12.8. The Balaban J connectivity index is 2.53. The maximum Gasteiger partial charge on any atom is 0.416 e. The third-order valence-electron chi connectivity index (χ3n) is 3.46. The zero-order valence-corrected chi connectivity index (χ0v) is 14.4. The van der Waals surface area contributed by atoms with Crippen LogP contribution in [-0.4, -0.2) is 31.1 Å². The number of carbonyl (C=O) groups is 2. The van der Waals surface area contributed by atoms with Crippen LogP contribution in [0.2, 0.25) is 0 Å². The van der Waals surface area contributed by atoms with Gasteiger partial charge in [-0.05, 0) is 30.3 Å². The second kappa shape index (κ2) is 7.94. The van der Waals surface area contributed by atoms with Crippen LogP contribution in [0.3, 0.4) is 0 Å². The lowest BCUT2D eigenvalue weighted by molar-refractivity contribution is -0.385. The Morgan fingerprint density at radius 3 is 1.93 bits per heavy atom. The van der Waals surface area contributed by atoms with E-state index in [4.69, 9.17) is 4.74 Å². The van der Waals surface area contributed by atoms with Gasteiger partial charge in [0.25, 0.3) is 0 Å². The van der Waals surface area contributed by atoms with Gasteiger partial charge in [0.05, 0.1) is 35.8 Å². The van der Waals surface area contributed by atoms with Crippen LogP contribution in [0.1, 0.15) is 26.3 Å². The maximum atomic E-state index is 12.8. The Morgan fingerprint density at radius 2 is 1.50 bits per heavy atom. The molecule has 8 nitrogen and oxygen atoms in total. The molecule has 0 heterocycles. The van der Waals surface area contributed by atoms with Gasteiger partial charge in [0.15, 0.2) is 0 Å². The number of hydrogen-bond acceptors (Lipinski definition) is 7. The van der Waals surface area contributed by atoms with E-state index in [9.17, 15) is 32.9 Å². The summed E-state index contributed by atoms with van der Waals surface area (Å²) < 4.78 is 52.7. The molecule has 0 aliphatic rings. The molecule has 0 fully saturated rings. The summed E-state index contributed by atoms with van der Waals surface area (Å²) in [6.45, 7) is 0. The van der Waals surface area contributed by atoms with Crippen molar-refractivity contribution in [1.82, 2.24) is 0 Å². The van der Waals surface area contributed by atoms with Crippen LogP contribution >= 0.6 is 0 Å². The molecule has 0 bridgehead atoms. The normalized spacial score (nSPS) is 10.9. The van der Waals surface area contributed by atoms with Gasteiger partial charge in [0.2, 0.25) is 5.75 Å². The number of hydrogen-bond donors (Lipinski definition) is 0. The Bertz CT molecular complexity index is 907. The predicted octanol–water partition coefficient (Wildman–Crippen LogP) is 3.98. The van der Waals surface area contributed by atoms with E-state index in [1.165, 1.54) is 0 Å². The SMILES string of the molecule is COC(=O)c1cc(Oc2ccc(C(F)(F)F)cc2[N+](=O)[O-])cc(C(=O)OC)c1. The van der Waals surface area contributed by atoms with Crippen molar-refractivity contribution in [3.63, 3.8) is 0 Å². The molecule has 0 aliphatic carbocycles. The molecule has 0 aliphatic heterocycles. The molecule has 0 saturated carbocycles. The zero-order valence-electron chi connectivity index (χ0n) is 14.4. The Labute approximate surface area is 155 Å². The van der Waals surface area contributed by atoms with Crippen molar-refractivity contribution in [3.05, 3.63) is 63.2 Å². The smallest absolute Gasteiger partial charge is 0.416 e. The summed E-state index contributed by atoms with van der Waals surface area (Å²) >= 11 is 0. The van der Waals surface area contributed by atoms with Gasteiger partial charge in [-0.15, -0.1) is 0 Å². The molecule has 0 radical (unpaired) electrons. The van der Waals surface area contributed by atoms with Gasteiger partial charge in [0, 0.05) is 6.07 Å². The second-order valence-electron chi connectivity index (χ2n) is 5.27. The van der Waals surface area contributed by atoms with E-state index in [0.29, 0.717) is 12.1 Å². The average Bonchev–Trinajstić information content (AvgIpc) is 2.65. The van der Waals surface area contributed by atoms with Crippen molar-refractivity contribution in [1.29, 1.82) is 0 Å². The predicted molar refractivity (Wildman–Crippen MR) is 87.3 cm³/mol. The van der Waals surface area contributed by atoms with Crippen LogP contribution < -0.4 is 4.74 Å². The fraction of sp³-hybridized carbons (Fsp3) is 0.176. The number of nitro groups is 1. The van der Waals surface area contributed by atoms with Crippen molar-refractivity contribution in [2.24, 2.45) is 0 Å². The van der Waals surface area contributed by atoms with Gasteiger partial charge in [0.1, 0.15) is 5.75 Å². The summed E-state index contributed by atoms with van der Waals surface area (Å²) in [6, 6.07) is 5.06. The molecule has 2 aromatic rings. The van der Waals surface area contributed by atoms with Crippen molar-refractivity contribution in [3.8, 4) is 11.5 Å². The highest BCUT2D eigenvalue weighted by Gasteiger charge is 2.33. The third-order valence-corrected chi connectivity index (χ3v) is 3.46. The van der Waals surface area contributed by atoms with Crippen LogP contribution in [0.5, 0.6) is 11.5 Å². The highest BCUT2D eigenvalue weighted by Crippen LogP contribution is 2.38. The lowest BCUT2D eigenvalue weighted by Gasteiger charge is -2.11. The van der Waals surface area contributed by atoms with Gasteiger partial charge in [-0.2, -0.15) is 13.2 Å². The molecule has 0 unspecified atom stereocenters.